The van der Waals surface area contributed by atoms with E-state index < -0.39 is 11.9 Å². The fourth-order valence-corrected chi connectivity index (χ4v) is 4.01. The van der Waals surface area contributed by atoms with Crippen molar-refractivity contribution in [3.05, 3.63) is 32.7 Å². The first-order chi connectivity index (χ1) is 11.4. The Morgan fingerprint density at radius 2 is 1.96 bits per heavy atom. The monoisotopic (exact) mass is 349 g/mol. The lowest BCUT2D eigenvalue weighted by Crippen LogP contribution is -2.41. The molecule has 2 aromatic heterocycles. The van der Waals surface area contributed by atoms with Crippen LogP contribution in [0, 0.1) is 19.8 Å². The molecule has 0 aromatic carbocycles. The van der Waals surface area contributed by atoms with Gasteiger partial charge in [0.25, 0.3) is 11.5 Å². The number of fused-ring (bicyclic) bond motifs is 1. The minimum atomic E-state index is -0.782. The second kappa shape index (κ2) is 6.35. The van der Waals surface area contributed by atoms with Crippen molar-refractivity contribution >= 4 is 28.2 Å². The molecule has 0 bridgehead atoms. The number of nitrogens with zero attached hydrogens (tertiary/aromatic N) is 2. The highest BCUT2D eigenvalue weighted by Crippen LogP contribution is 2.24. The molecule has 1 amide bonds. The van der Waals surface area contributed by atoms with Crippen LogP contribution in [0.5, 0.6) is 0 Å². The van der Waals surface area contributed by atoms with Gasteiger partial charge in [0.2, 0.25) is 0 Å². The maximum absolute atomic E-state index is 12.6. The number of amides is 1. The number of nitrogens with one attached hydrogen (secondary N) is 1. The van der Waals surface area contributed by atoms with Crippen LogP contribution >= 0.6 is 11.3 Å². The van der Waals surface area contributed by atoms with Gasteiger partial charge in [-0.2, -0.15) is 0 Å². The molecule has 2 heterocycles. The van der Waals surface area contributed by atoms with E-state index in [-0.39, 0.29) is 23.1 Å². The second-order valence-corrected chi connectivity index (χ2v) is 7.38. The summed E-state index contributed by atoms with van der Waals surface area (Å²) in [4.78, 5) is 41.8. The third-order valence-electron chi connectivity index (χ3n) is 4.67. The predicted octanol–water partition coefficient (Wildman–Crippen LogP) is 1.75. The summed E-state index contributed by atoms with van der Waals surface area (Å²) >= 11 is 1.42. The average Bonchev–Trinajstić information content (AvgIpc) is 2.83. The van der Waals surface area contributed by atoms with E-state index in [1.54, 1.807) is 0 Å². The normalized spacial score (nSPS) is 20.9. The number of aryl methyl sites for hydroxylation is 2. The van der Waals surface area contributed by atoms with Gasteiger partial charge in [-0.25, -0.2) is 4.98 Å². The average molecular weight is 349 g/mol. The van der Waals surface area contributed by atoms with Crippen molar-refractivity contribution in [3.63, 3.8) is 0 Å². The first kappa shape index (κ1) is 16.6. The fraction of sp³-hybridized carbons (Fsp3) is 0.500. The Bertz CT molecular complexity index is 862. The van der Waals surface area contributed by atoms with Gasteiger partial charge >= 0.3 is 5.97 Å². The maximum Gasteiger partial charge on any atom is 0.306 e. The molecule has 0 unspecified atom stereocenters. The summed E-state index contributed by atoms with van der Waals surface area (Å²) in [5, 5.41) is 11.9. The number of hydrogen-bond acceptors (Lipinski definition) is 5. The molecule has 0 spiro atoms. The number of carbonyl (C=O) groups is 2. The van der Waals surface area contributed by atoms with Crippen molar-refractivity contribution in [1.29, 1.82) is 0 Å². The first-order valence-electron chi connectivity index (χ1n) is 7.90. The van der Waals surface area contributed by atoms with Gasteiger partial charge in [-0.1, -0.05) is 0 Å². The fourth-order valence-electron chi connectivity index (χ4n) is 3.08. The van der Waals surface area contributed by atoms with Crippen molar-refractivity contribution in [2.24, 2.45) is 5.92 Å². The zero-order valence-corrected chi connectivity index (χ0v) is 14.4. The highest BCUT2D eigenvalue weighted by atomic mass is 32.1. The lowest BCUT2D eigenvalue weighted by atomic mass is 9.86. The third-order valence-corrected chi connectivity index (χ3v) is 5.75. The number of carbonyl (C=O) groups excluding carboxylic acids is 1. The number of rotatable bonds is 3. The second-order valence-electron chi connectivity index (χ2n) is 6.20. The molecule has 8 heteroatoms. The molecule has 3 rings (SSSR count). The van der Waals surface area contributed by atoms with E-state index in [0.717, 1.165) is 10.6 Å². The number of hydrogen-bond donors (Lipinski definition) is 2. The van der Waals surface area contributed by atoms with Crippen molar-refractivity contribution < 1.29 is 14.7 Å². The van der Waals surface area contributed by atoms with Crippen LogP contribution in [0.1, 0.15) is 46.6 Å². The van der Waals surface area contributed by atoms with Crippen LogP contribution in [-0.4, -0.2) is 32.4 Å². The summed E-state index contributed by atoms with van der Waals surface area (Å²) in [6, 6.07) is -0.0986. The summed E-state index contributed by atoms with van der Waals surface area (Å²) in [5.74, 6) is -1.56. The van der Waals surface area contributed by atoms with E-state index in [2.05, 4.69) is 10.3 Å². The van der Waals surface area contributed by atoms with Crippen LogP contribution < -0.4 is 10.9 Å². The molecule has 2 aromatic rings. The number of aromatic nitrogens is 2. The van der Waals surface area contributed by atoms with Crippen molar-refractivity contribution in [2.75, 3.05) is 0 Å². The van der Waals surface area contributed by atoms with Gasteiger partial charge in [0.15, 0.2) is 4.96 Å². The summed E-state index contributed by atoms with van der Waals surface area (Å²) in [5.41, 5.74) is 0.455. The Morgan fingerprint density at radius 3 is 2.58 bits per heavy atom. The van der Waals surface area contributed by atoms with Gasteiger partial charge in [0, 0.05) is 22.8 Å². The van der Waals surface area contributed by atoms with Gasteiger partial charge in [-0.3, -0.25) is 18.8 Å². The summed E-state index contributed by atoms with van der Waals surface area (Å²) in [6.45, 7) is 3.74. The first-order valence-corrected chi connectivity index (χ1v) is 8.71. The highest BCUT2D eigenvalue weighted by Gasteiger charge is 2.27. The molecule has 7 nitrogen and oxygen atoms in total. The standard InChI is InChI=1S/C16H19N3O4S/c1-8-9(2)24-16-17-7-12(14(21)19(8)16)13(20)18-11-5-3-10(4-6-11)15(22)23/h7,10-11H,3-6H2,1-2H3,(H,18,20)(H,22,23). The zero-order chi connectivity index (χ0) is 17.4. The molecule has 24 heavy (non-hydrogen) atoms. The number of thiazole rings is 1. The van der Waals surface area contributed by atoms with E-state index in [1.807, 2.05) is 13.8 Å². The Kier molecular flexibility index (Phi) is 4.40. The lowest BCUT2D eigenvalue weighted by molar-refractivity contribution is -0.142. The largest absolute Gasteiger partial charge is 0.481 e. The molecular formula is C16H19N3O4S. The molecule has 1 aliphatic carbocycles. The Hall–Kier alpha value is -2.22. The summed E-state index contributed by atoms with van der Waals surface area (Å²) in [6.07, 6.45) is 3.62. The van der Waals surface area contributed by atoms with Crippen molar-refractivity contribution in [2.45, 2.75) is 45.6 Å². The van der Waals surface area contributed by atoms with Gasteiger partial charge < -0.3 is 10.4 Å². The number of carboxylic acids is 1. The quantitative estimate of drug-likeness (QED) is 0.879. The van der Waals surface area contributed by atoms with Crippen LogP contribution in [0.4, 0.5) is 0 Å². The van der Waals surface area contributed by atoms with Crippen LogP contribution in [0.15, 0.2) is 11.0 Å². The molecule has 1 fully saturated rings. The topological polar surface area (TPSA) is 101 Å². The minimum Gasteiger partial charge on any atom is -0.481 e. The molecule has 128 valence electrons. The maximum atomic E-state index is 12.6. The molecule has 2 N–H and O–H groups in total. The van der Waals surface area contributed by atoms with Crippen LogP contribution in [0.3, 0.4) is 0 Å². The summed E-state index contributed by atoms with van der Waals surface area (Å²) in [7, 11) is 0. The van der Waals surface area contributed by atoms with E-state index >= 15 is 0 Å². The van der Waals surface area contributed by atoms with E-state index in [9.17, 15) is 14.4 Å². The van der Waals surface area contributed by atoms with Gasteiger partial charge in [-0.15, -0.1) is 11.3 Å². The molecule has 0 radical (unpaired) electrons. The molecule has 0 aliphatic heterocycles. The van der Waals surface area contributed by atoms with Gasteiger partial charge in [-0.05, 0) is 39.5 Å². The van der Waals surface area contributed by atoms with E-state index in [4.69, 9.17) is 5.11 Å². The Labute approximate surface area is 142 Å². The van der Waals surface area contributed by atoms with Crippen molar-refractivity contribution in [3.8, 4) is 0 Å². The minimum absolute atomic E-state index is 0.0220. The number of aliphatic carboxylic acids is 1. The molecule has 1 aliphatic rings. The molecule has 1 saturated carbocycles. The van der Waals surface area contributed by atoms with E-state index in [0.29, 0.717) is 30.6 Å². The van der Waals surface area contributed by atoms with Crippen molar-refractivity contribution in [1.82, 2.24) is 14.7 Å². The Morgan fingerprint density at radius 1 is 1.29 bits per heavy atom. The number of carboxylic acid groups (broad SMARTS) is 1. The lowest BCUT2D eigenvalue weighted by Gasteiger charge is -2.26. The third kappa shape index (κ3) is 2.93. The van der Waals surface area contributed by atoms with Gasteiger partial charge in [0.1, 0.15) is 5.56 Å². The molecule has 0 saturated heterocycles. The smallest absolute Gasteiger partial charge is 0.306 e. The summed E-state index contributed by atoms with van der Waals surface area (Å²) < 4.78 is 1.47. The van der Waals surface area contributed by atoms with E-state index in [1.165, 1.54) is 21.9 Å². The molecule has 0 atom stereocenters. The van der Waals surface area contributed by atoms with Crippen LogP contribution in [0.2, 0.25) is 0 Å². The Balaban J connectivity index is 1.78. The zero-order valence-electron chi connectivity index (χ0n) is 13.5. The van der Waals surface area contributed by atoms with Crippen LogP contribution in [0.25, 0.3) is 4.96 Å². The SMILES string of the molecule is Cc1sc2ncc(C(=O)NC3CCC(C(=O)O)CC3)c(=O)n2c1C. The predicted molar refractivity (Wildman–Crippen MR) is 89.7 cm³/mol. The van der Waals surface area contributed by atoms with Crippen LogP contribution in [-0.2, 0) is 4.79 Å². The highest BCUT2D eigenvalue weighted by molar-refractivity contribution is 7.17. The molecular weight excluding hydrogens is 330 g/mol. The van der Waals surface area contributed by atoms with Gasteiger partial charge in [0.05, 0.1) is 5.92 Å².